The first-order valence-corrected chi connectivity index (χ1v) is 11.2. The molecule has 2 N–H and O–H groups in total. The van der Waals surface area contributed by atoms with Gasteiger partial charge in [0.2, 0.25) is 0 Å². The predicted molar refractivity (Wildman–Crippen MR) is 114 cm³/mol. The van der Waals surface area contributed by atoms with Gasteiger partial charge in [-0.25, -0.2) is 4.98 Å². The van der Waals surface area contributed by atoms with Crippen LogP contribution in [0, 0.1) is 0 Å². The number of pyridine rings is 1. The van der Waals surface area contributed by atoms with Gasteiger partial charge in [-0.05, 0) is 24.3 Å². The largest absolute Gasteiger partial charge is 0.355 e. The van der Waals surface area contributed by atoms with Crippen LogP contribution in [0.3, 0.4) is 0 Å². The topological polar surface area (TPSA) is 106 Å². The third-order valence-electron chi connectivity index (χ3n) is 4.49. The molecule has 0 fully saturated rings. The lowest BCUT2D eigenvalue weighted by atomic mass is 10.2. The Labute approximate surface area is 172 Å². The number of rotatable bonds is 7. The number of anilines is 1. The number of H-pyrrole nitrogens is 1. The van der Waals surface area contributed by atoms with E-state index in [0.29, 0.717) is 17.7 Å². The molecular weight excluding hydrogens is 412 g/mol. The van der Waals surface area contributed by atoms with Gasteiger partial charge in [0.05, 0.1) is 28.7 Å². The number of aliphatic imine (C=N–C) groups is 1. The molecule has 0 saturated carbocycles. The standard InChI is InChI=1S/C19H20N4O4S2/c1-26-19(27-2)15-11-21-18(28-15)14-10-12-6-5-7-13(17(12)22-14)23-29(24,25)16-8-3-4-9-20-16/h3-10,15,19,22-23H,11H2,1-2H3. The Balaban J connectivity index is 1.62. The SMILES string of the molecule is COC(OC)C1CN=C(c2cc3cccc(NS(=O)(=O)c4ccccn4)c3[nH]2)S1. The summed E-state index contributed by atoms with van der Waals surface area (Å²) in [6.07, 6.45) is 1.10. The molecule has 1 aliphatic heterocycles. The lowest BCUT2D eigenvalue weighted by Crippen LogP contribution is -2.28. The Morgan fingerprint density at radius 1 is 1.21 bits per heavy atom. The van der Waals surface area contributed by atoms with Crippen molar-refractivity contribution in [1.82, 2.24) is 9.97 Å². The summed E-state index contributed by atoms with van der Waals surface area (Å²) in [5.41, 5.74) is 1.96. The number of hydrogen-bond donors (Lipinski definition) is 2. The summed E-state index contributed by atoms with van der Waals surface area (Å²) < 4.78 is 38.6. The van der Waals surface area contributed by atoms with E-state index in [2.05, 4.69) is 19.7 Å². The number of nitrogens with one attached hydrogen (secondary N) is 2. The third-order valence-corrected chi connectivity index (χ3v) is 7.02. The molecule has 2 aromatic heterocycles. The molecule has 0 bridgehead atoms. The minimum Gasteiger partial charge on any atom is -0.355 e. The number of thioether (sulfide) groups is 1. The number of methoxy groups -OCH3 is 2. The van der Waals surface area contributed by atoms with Crippen molar-refractivity contribution in [3.8, 4) is 0 Å². The van der Waals surface area contributed by atoms with Gasteiger partial charge in [0.15, 0.2) is 11.3 Å². The van der Waals surface area contributed by atoms with Crippen molar-refractivity contribution >= 4 is 43.4 Å². The van der Waals surface area contributed by atoms with E-state index in [9.17, 15) is 8.42 Å². The summed E-state index contributed by atoms with van der Waals surface area (Å²) in [5.74, 6) is 0. The molecular formula is C19H20N4O4S2. The molecule has 10 heteroatoms. The molecule has 4 rings (SSSR count). The molecule has 8 nitrogen and oxygen atoms in total. The first kappa shape index (κ1) is 19.9. The molecule has 29 heavy (non-hydrogen) atoms. The van der Waals surface area contributed by atoms with Crippen molar-refractivity contribution in [3.63, 3.8) is 0 Å². The number of aromatic amines is 1. The number of ether oxygens (including phenoxy) is 2. The normalized spacial score (nSPS) is 17.1. The molecule has 3 heterocycles. The minimum absolute atomic E-state index is 0.0347. The number of para-hydroxylation sites is 1. The van der Waals surface area contributed by atoms with Crippen LogP contribution in [-0.2, 0) is 19.5 Å². The maximum Gasteiger partial charge on any atom is 0.279 e. The molecule has 152 valence electrons. The zero-order chi connectivity index (χ0) is 20.4. The van der Waals surface area contributed by atoms with Gasteiger partial charge in [-0.2, -0.15) is 8.42 Å². The van der Waals surface area contributed by atoms with Gasteiger partial charge in [0.25, 0.3) is 10.0 Å². The van der Waals surface area contributed by atoms with E-state index in [1.807, 2.05) is 12.1 Å². The van der Waals surface area contributed by atoms with Crippen molar-refractivity contribution in [2.45, 2.75) is 16.6 Å². The van der Waals surface area contributed by atoms with E-state index < -0.39 is 10.0 Å². The van der Waals surface area contributed by atoms with E-state index >= 15 is 0 Å². The average molecular weight is 433 g/mol. The van der Waals surface area contributed by atoms with Crippen LogP contribution < -0.4 is 4.72 Å². The van der Waals surface area contributed by atoms with Gasteiger partial charge in [-0.1, -0.05) is 30.0 Å². The second kappa shape index (κ2) is 8.15. The highest BCUT2D eigenvalue weighted by molar-refractivity contribution is 8.15. The van der Waals surface area contributed by atoms with Crippen molar-refractivity contribution in [1.29, 1.82) is 0 Å². The summed E-state index contributed by atoms with van der Waals surface area (Å²) in [6.45, 7) is 0.584. The van der Waals surface area contributed by atoms with Crippen molar-refractivity contribution in [3.05, 3.63) is 54.4 Å². The zero-order valence-corrected chi connectivity index (χ0v) is 17.5. The molecule has 0 aliphatic carbocycles. The molecule has 0 saturated heterocycles. The van der Waals surface area contributed by atoms with E-state index in [1.165, 1.54) is 12.3 Å². The van der Waals surface area contributed by atoms with Crippen LogP contribution in [0.15, 0.2) is 58.7 Å². The summed E-state index contributed by atoms with van der Waals surface area (Å²) in [5, 5.41) is 1.74. The van der Waals surface area contributed by atoms with Crippen molar-refractivity contribution < 1.29 is 17.9 Å². The molecule has 1 unspecified atom stereocenters. The van der Waals surface area contributed by atoms with Gasteiger partial charge in [-0.15, -0.1) is 0 Å². The van der Waals surface area contributed by atoms with Gasteiger partial charge < -0.3 is 14.5 Å². The van der Waals surface area contributed by atoms with Gasteiger partial charge in [0, 0.05) is 25.8 Å². The second-order valence-electron chi connectivity index (χ2n) is 6.37. The minimum atomic E-state index is -3.79. The fourth-order valence-electron chi connectivity index (χ4n) is 3.14. The third kappa shape index (κ3) is 4.01. The Hall–Kier alpha value is -2.40. The molecule has 0 spiro atoms. The highest BCUT2D eigenvalue weighted by Crippen LogP contribution is 2.32. The van der Waals surface area contributed by atoms with Gasteiger partial charge in [0.1, 0.15) is 5.04 Å². The molecule has 3 aromatic rings. The Morgan fingerprint density at radius 3 is 2.76 bits per heavy atom. The Bertz CT molecular complexity index is 1140. The Kier molecular flexibility index (Phi) is 5.59. The van der Waals surface area contributed by atoms with Crippen LogP contribution in [0.4, 0.5) is 5.69 Å². The predicted octanol–water partition coefficient (Wildman–Crippen LogP) is 2.84. The fourth-order valence-corrected chi connectivity index (χ4v) is 5.32. The Morgan fingerprint density at radius 2 is 2.03 bits per heavy atom. The molecule has 0 radical (unpaired) electrons. The number of nitrogens with zero attached hydrogens (tertiary/aromatic N) is 2. The number of aromatic nitrogens is 2. The molecule has 0 amide bonds. The maximum absolute atomic E-state index is 12.6. The summed E-state index contributed by atoms with van der Waals surface area (Å²) in [7, 11) is -0.577. The quantitative estimate of drug-likeness (QED) is 0.556. The lowest BCUT2D eigenvalue weighted by Gasteiger charge is -2.18. The summed E-state index contributed by atoms with van der Waals surface area (Å²) >= 11 is 1.57. The van der Waals surface area contributed by atoms with E-state index in [1.54, 1.807) is 50.2 Å². The van der Waals surface area contributed by atoms with Gasteiger partial charge in [-0.3, -0.25) is 9.71 Å². The van der Waals surface area contributed by atoms with Crippen LogP contribution >= 0.6 is 11.8 Å². The monoisotopic (exact) mass is 432 g/mol. The highest BCUT2D eigenvalue weighted by atomic mass is 32.2. The van der Waals surface area contributed by atoms with Crippen LogP contribution in [0.25, 0.3) is 10.9 Å². The van der Waals surface area contributed by atoms with E-state index in [0.717, 1.165) is 16.1 Å². The summed E-state index contributed by atoms with van der Waals surface area (Å²) in [4.78, 5) is 11.8. The molecule has 1 aromatic carbocycles. The fraction of sp³-hybridized carbons (Fsp3) is 0.263. The molecule has 1 atom stereocenters. The number of hydrogen-bond acceptors (Lipinski definition) is 7. The van der Waals surface area contributed by atoms with Gasteiger partial charge >= 0.3 is 0 Å². The van der Waals surface area contributed by atoms with Crippen molar-refractivity contribution in [2.24, 2.45) is 4.99 Å². The zero-order valence-electron chi connectivity index (χ0n) is 15.8. The summed E-state index contributed by atoms with van der Waals surface area (Å²) in [6, 6.07) is 12.1. The molecule has 1 aliphatic rings. The first-order chi connectivity index (χ1) is 14.0. The second-order valence-corrected chi connectivity index (χ2v) is 9.23. The van der Waals surface area contributed by atoms with E-state index in [4.69, 9.17) is 9.47 Å². The first-order valence-electron chi connectivity index (χ1n) is 8.84. The number of benzene rings is 1. The van der Waals surface area contributed by atoms with Crippen LogP contribution in [0.1, 0.15) is 5.69 Å². The highest BCUT2D eigenvalue weighted by Gasteiger charge is 2.29. The van der Waals surface area contributed by atoms with Crippen LogP contribution in [-0.4, -0.2) is 55.7 Å². The number of fused-ring (bicyclic) bond motifs is 1. The van der Waals surface area contributed by atoms with Crippen LogP contribution in [0.2, 0.25) is 0 Å². The van der Waals surface area contributed by atoms with E-state index in [-0.39, 0.29) is 16.6 Å². The van der Waals surface area contributed by atoms with Crippen LogP contribution in [0.5, 0.6) is 0 Å². The maximum atomic E-state index is 12.6. The van der Waals surface area contributed by atoms with Crippen molar-refractivity contribution in [2.75, 3.05) is 25.5 Å². The average Bonchev–Trinajstić information content (AvgIpc) is 3.37. The smallest absolute Gasteiger partial charge is 0.279 e. The number of sulfonamides is 1. The lowest BCUT2D eigenvalue weighted by molar-refractivity contribution is -0.0994.